The maximum Gasteiger partial charge on any atom is 0.177 e. The summed E-state index contributed by atoms with van der Waals surface area (Å²) in [4.78, 5) is 15.6. The summed E-state index contributed by atoms with van der Waals surface area (Å²) < 4.78 is 6.79. The maximum atomic E-state index is 13.6. The molecule has 0 saturated carbocycles. The molecule has 0 bridgehead atoms. The van der Waals surface area contributed by atoms with Crippen molar-refractivity contribution in [2.24, 2.45) is 5.41 Å². The highest BCUT2D eigenvalue weighted by molar-refractivity contribution is 9.10. The molecule has 0 fully saturated rings. The molecule has 0 amide bonds. The number of rotatable bonds is 6. The Morgan fingerprint density at radius 2 is 1.78 bits per heavy atom. The largest absolute Gasteiger partial charge is 0.376 e. The topological polar surface area (TPSA) is 29.5 Å². The number of carbonyl (C=O) groups is 1. The number of Topliss-reactive ketones (excluding diaryl/α,β-unsaturated/α-hetero) is 1. The highest BCUT2D eigenvalue weighted by Gasteiger charge is 2.45. The highest BCUT2D eigenvalue weighted by Crippen LogP contribution is 2.38. The molecule has 0 aromatic heterocycles. The molecule has 0 heterocycles. The van der Waals surface area contributed by atoms with E-state index in [-0.39, 0.29) is 11.9 Å². The average Bonchev–Trinajstić information content (AvgIpc) is 2.68. The van der Waals surface area contributed by atoms with E-state index in [2.05, 4.69) is 34.1 Å². The van der Waals surface area contributed by atoms with Crippen molar-refractivity contribution in [3.63, 3.8) is 0 Å². The van der Waals surface area contributed by atoms with Gasteiger partial charge in [-0.3, -0.25) is 4.79 Å². The van der Waals surface area contributed by atoms with E-state index < -0.39 is 5.41 Å². The predicted octanol–water partition coefficient (Wildman–Crippen LogP) is 4.85. The number of halogens is 1. The van der Waals surface area contributed by atoms with Crippen LogP contribution < -0.4 is 0 Å². The lowest BCUT2D eigenvalue weighted by Crippen LogP contribution is -2.49. The van der Waals surface area contributed by atoms with Crippen LogP contribution in [-0.2, 0) is 4.74 Å². The van der Waals surface area contributed by atoms with Crippen molar-refractivity contribution in [3.8, 4) is 0 Å². The molecule has 1 aliphatic rings. The molecule has 140 valence electrons. The van der Waals surface area contributed by atoms with Gasteiger partial charge >= 0.3 is 0 Å². The van der Waals surface area contributed by atoms with Crippen LogP contribution in [0.2, 0.25) is 0 Å². The molecule has 0 radical (unpaired) electrons. The number of carbonyl (C=O) groups excluding carboxylic acids is 1. The molecule has 2 aromatic carbocycles. The van der Waals surface area contributed by atoms with Gasteiger partial charge in [0.1, 0.15) is 0 Å². The van der Waals surface area contributed by atoms with E-state index >= 15 is 0 Å². The number of allylic oxidation sites excluding steroid dienone is 2. The Kier molecular flexibility index (Phi) is 6.10. The number of nitrogens with zero attached hydrogens (tertiary/aromatic N) is 1. The van der Waals surface area contributed by atoms with Gasteiger partial charge in [-0.2, -0.15) is 0 Å². The molecule has 0 N–H and O–H groups in total. The van der Waals surface area contributed by atoms with E-state index in [9.17, 15) is 4.79 Å². The van der Waals surface area contributed by atoms with Gasteiger partial charge in [0.05, 0.1) is 11.5 Å². The Labute approximate surface area is 169 Å². The number of ether oxygens (including phenoxy) is 1. The summed E-state index contributed by atoms with van der Waals surface area (Å²) >= 11 is 3.44. The van der Waals surface area contributed by atoms with E-state index in [1.807, 2.05) is 73.6 Å². The molecule has 0 spiro atoms. The van der Waals surface area contributed by atoms with E-state index in [0.29, 0.717) is 12.1 Å². The van der Waals surface area contributed by atoms with Gasteiger partial charge in [-0.1, -0.05) is 70.5 Å². The Morgan fingerprint density at radius 1 is 1.11 bits per heavy atom. The van der Waals surface area contributed by atoms with Crippen LogP contribution in [0.4, 0.5) is 0 Å². The minimum absolute atomic E-state index is 0.0650. The minimum atomic E-state index is -0.773. The van der Waals surface area contributed by atoms with E-state index in [0.717, 1.165) is 15.6 Å². The zero-order chi connectivity index (χ0) is 19.4. The van der Waals surface area contributed by atoms with Crippen molar-refractivity contribution in [1.29, 1.82) is 0 Å². The van der Waals surface area contributed by atoms with Crippen LogP contribution in [-0.4, -0.2) is 44.5 Å². The zero-order valence-corrected chi connectivity index (χ0v) is 17.4. The van der Waals surface area contributed by atoms with Crippen molar-refractivity contribution < 1.29 is 9.53 Å². The second kappa shape index (κ2) is 8.34. The number of methoxy groups -OCH3 is 1. The molecular weight excluding hydrogens is 402 g/mol. The first-order chi connectivity index (χ1) is 13.0. The second-order valence-corrected chi connectivity index (χ2v) is 8.01. The fourth-order valence-electron chi connectivity index (χ4n) is 3.61. The fraction of sp³-hybridized carbons (Fsp3) is 0.261. The number of ketones is 1. The van der Waals surface area contributed by atoms with Crippen LogP contribution >= 0.6 is 15.9 Å². The molecule has 2 atom stereocenters. The molecule has 0 saturated heterocycles. The normalized spacial score (nSPS) is 22.0. The fourth-order valence-corrected chi connectivity index (χ4v) is 3.88. The molecule has 3 rings (SSSR count). The number of benzene rings is 2. The molecule has 3 nitrogen and oxygen atoms in total. The first-order valence-corrected chi connectivity index (χ1v) is 9.70. The Bertz CT molecular complexity index is 856. The standard InChI is InChI=1S/C23H24BrNO2/c1-25(2)16-23(22(26)18-9-11-20(24)12-10-18)14-13-19(15-21(23)27-3)17-7-5-4-6-8-17/h4-15,21H,16H2,1-3H3. The molecular formula is C23H24BrNO2. The summed E-state index contributed by atoms with van der Waals surface area (Å²) in [6.07, 6.45) is 5.78. The lowest BCUT2D eigenvalue weighted by molar-refractivity contribution is 0.0300. The number of hydrogen-bond donors (Lipinski definition) is 0. The van der Waals surface area contributed by atoms with Crippen molar-refractivity contribution in [3.05, 3.63) is 88.4 Å². The first kappa shape index (κ1) is 19.7. The summed E-state index contributed by atoms with van der Waals surface area (Å²) in [7, 11) is 5.63. The summed E-state index contributed by atoms with van der Waals surface area (Å²) in [6.45, 7) is 0.565. The Morgan fingerprint density at radius 3 is 2.37 bits per heavy atom. The van der Waals surface area contributed by atoms with Crippen LogP contribution in [0.3, 0.4) is 0 Å². The van der Waals surface area contributed by atoms with Crippen LogP contribution in [0.25, 0.3) is 5.57 Å². The Balaban J connectivity index is 2.04. The average molecular weight is 426 g/mol. The summed E-state index contributed by atoms with van der Waals surface area (Å²) in [5, 5.41) is 0. The van der Waals surface area contributed by atoms with Gasteiger partial charge in [0.15, 0.2) is 5.78 Å². The minimum Gasteiger partial charge on any atom is -0.376 e. The first-order valence-electron chi connectivity index (χ1n) is 8.90. The van der Waals surface area contributed by atoms with Gasteiger partial charge in [0.2, 0.25) is 0 Å². The summed E-state index contributed by atoms with van der Waals surface area (Å²) in [5.41, 5.74) is 2.10. The molecule has 0 aliphatic heterocycles. The Hall–Kier alpha value is -2.01. The van der Waals surface area contributed by atoms with Crippen molar-refractivity contribution in [2.75, 3.05) is 27.7 Å². The van der Waals surface area contributed by atoms with Crippen molar-refractivity contribution in [2.45, 2.75) is 6.10 Å². The molecule has 27 heavy (non-hydrogen) atoms. The smallest absolute Gasteiger partial charge is 0.177 e. The third kappa shape index (κ3) is 4.13. The summed E-state index contributed by atoms with van der Waals surface area (Å²) in [6, 6.07) is 17.7. The van der Waals surface area contributed by atoms with Gasteiger partial charge in [0, 0.05) is 23.7 Å². The SMILES string of the molecule is COC1C=C(c2ccccc2)C=CC1(CN(C)C)C(=O)c1ccc(Br)cc1. The van der Waals surface area contributed by atoms with Crippen LogP contribution in [0.15, 0.2) is 77.3 Å². The second-order valence-electron chi connectivity index (χ2n) is 7.09. The molecule has 2 unspecified atom stereocenters. The van der Waals surface area contributed by atoms with Crippen LogP contribution in [0.5, 0.6) is 0 Å². The molecule has 4 heteroatoms. The number of hydrogen-bond acceptors (Lipinski definition) is 3. The van der Waals surface area contributed by atoms with E-state index in [1.54, 1.807) is 7.11 Å². The highest BCUT2D eigenvalue weighted by atomic mass is 79.9. The zero-order valence-electron chi connectivity index (χ0n) is 15.9. The van der Waals surface area contributed by atoms with Crippen molar-refractivity contribution >= 4 is 27.3 Å². The van der Waals surface area contributed by atoms with Crippen molar-refractivity contribution in [1.82, 2.24) is 4.90 Å². The summed E-state index contributed by atoms with van der Waals surface area (Å²) in [5.74, 6) is 0.0650. The van der Waals surface area contributed by atoms with E-state index in [1.165, 1.54) is 0 Å². The lowest BCUT2D eigenvalue weighted by atomic mass is 9.71. The van der Waals surface area contributed by atoms with Gasteiger partial charge < -0.3 is 9.64 Å². The lowest BCUT2D eigenvalue weighted by Gasteiger charge is -2.39. The maximum absolute atomic E-state index is 13.6. The third-order valence-electron chi connectivity index (χ3n) is 4.87. The molecule has 2 aromatic rings. The quantitative estimate of drug-likeness (QED) is 0.619. The predicted molar refractivity (Wildman–Crippen MR) is 114 cm³/mol. The van der Waals surface area contributed by atoms with E-state index in [4.69, 9.17) is 4.74 Å². The van der Waals surface area contributed by atoms with Crippen LogP contribution in [0.1, 0.15) is 15.9 Å². The van der Waals surface area contributed by atoms with Gasteiger partial charge in [-0.15, -0.1) is 0 Å². The third-order valence-corrected chi connectivity index (χ3v) is 5.40. The van der Waals surface area contributed by atoms with Crippen LogP contribution in [0, 0.1) is 5.41 Å². The monoisotopic (exact) mass is 425 g/mol. The van der Waals surface area contributed by atoms with Gasteiger partial charge in [-0.25, -0.2) is 0 Å². The van der Waals surface area contributed by atoms with Gasteiger partial charge in [-0.05, 0) is 43.4 Å². The van der Waals surface area contributed by atoms with Gasteiger partial charge in [0.25, 0.3) is 0 Å². The molecule has 1 aliphatic carbocycles.